The molecule has 0 bridgehead atoms. The average Bonchev–Trinajstić information content (AvgIpc) is 2.53. The fourth-order valence-electron chi connectivity index (χ4n) is 2.28. The van der Waals surface area contributed by atoms with Gasteiger partial charge in [0.1, 0.15) is 0 Å². The van der Waals surface area contributed by atoms with Gasteiger partial charge in [-0.1, -0.05) is 61.0 Å². The summed E-state index contributed by atoms with van der Waals surface area (Å²) in [5, 5.41) is 3.82. The molecule has 0 aliphatic carbocycles. The van der Waals surface area contributed by atoms with Crippen molar-refractivity contribution in [2.75, 3.05) is 0 Å². The molecule has 21 heavy (non-hydrogen) atoms. The van der Waals surface area contributed by atoms with Gasteiger partial charge in [-0.2, -0.15) is 0 Å². The summed E-state index contributed by atoms with van der Waals surface area (Å²) in [6, 6.07) is 17.8. The summed E-state index contributed by atoms with van der Waals surface area (Å²) in [6.07, 6.45) is 2.11. The predicted octanol–water partition coefficient (Wildman–Crippen LogP) is 4.54. The zero-order chi connectivity index (χ0) is 15.1. The number of rotatable bonds is 6. The first-order chi connectivity index (χ1) is 10.2. The van der Waals surface area contributed by atoms with Crippen molar-refractivity contribution in [3.8, 4) is 0 Å². The third-order valence-electron chi connectivity index (χ3n) is 3.50. The molecule has 0 spiro atoms. The van der Waals surface area contributed by atoms with Crippen LogP contribution in [0.2, 0.25) is 5.02 Å². The number of benzene rings is 2. The van der Waals surface area contributed by atoms with E-state index in [-0.39, 0.29) is 11.9 Å². The minimum Gasteiger partial charge on any atom is -0.349 e. The van der Waals surface area contributed by atoms with E-state index in [0.717, 1.165) is 29.0 Å². The zero-order valence-electron chi connectivity index (χ0n) is 12.2. The van der Waals surface area contributed by atoms with Gasteiger partial charge in [-0.05, 0) is 36.1 Å². The lowest BCUT2D eigenvalue weighted by Gasteiger charge is -2.17. The van der Waals surface area contributed by atoms with E-state index < -0.39 is 0 Å². The van der Waals surface area contributed by atoms with E-state index in [1.165, 1.54) is 0 Å². The third-order valence-corrected chi connectivity index (χ3v) is 3.75. The highest BCUT2D eigenvalue weighted by Crippen LogP contribution is 2.16. The molecule has 0 aliphatic rings. The van der Waals surface area contributed by atoms with Gasteiger partial charge in [0.25, 0.3) is 0 Å². The van der Waals surface area contributed by atoms with Crippen LogP contribution in [-0.2, 0) is 11.2 Å². The van der Waals surface area contributed by atoms with E-state index in [2.05, 4.69) is 12.2 Å². The number of halogens is 1. The maximum Gasteiger partial charge on any atom is 0.220 e. The summed E-state index contributed by atoms with van der Waals surface area (Å²) >= 11 is 5.85. The molecule has 0 aromatic heterocycles. The Balaban J connectivity index is 1.87. The molecular formula is C18H20ClNO. The van der Waals surface area contributed by atoms with Crippen molar-refractivity contribution in [3.63, 3.8) is 0 Å². The van der Waals surface area contributed by atoms with Crippen LogP contribution < -0.4 is 5.32 Å². The van der Waals surface area contributed by atoms with Crippen LogP contribution in [0.25, 0.3) is 0 Å². The second kappa shape index (κ2) is 7.84. The van der Waals surface area contributed by atoms with Crippen molar-refractivity contribution in [1.82, 2.24) is 5.32 Å². The van der Waals surface area contributed by atoms with Crippen molar-refractivity contribution in [1.29, 1.82) is 0 Å². The van der Waals surface area contributed by atoms with Crippen LogP contribution in [-0.4, -0.2) is 5.91 Å². The average molecular weight is 302 g/mol. The minimum absolute atomic E-state index is 0.0839. The summed E-state index contributed by atoms with van der Waals surface area (Å²) in [7, 11) is 0. The van der Waals surface area contributed by atoms with Crippen LogP contribution in [0.4, 0.5) is 0 Å². The lowest BCUT2D eigenvalue weighted by atomic mass is 10.0. The first-order valence-corrected chi connectivity index (χ1v) is 7.65. The maximum absolute atomic E-state index is 12.1. The first-order valence-electron chi connectivity index (χ1n) is 7.27. The van der Waals surface area contributed by atoms with Crippen molar-refractivity contribution in [3.05, 3.63) is 70.7 Å². The van der Waals surface area contributed by atoms with Gasteiger partial charge in [0.2, 0.25) is 5.91 Å². The molecule has 2 nitrogen and oxygen atoms in total. The van der Waals surface area contributed by atoms with E-state index >= 15 is 0 Å². The maximum atomic E-state index is 12.1. The summed E-state index contributed by atoms with van der Waals surface area (Å²) < 4.78 is 0. The molecule has 0 heterocycles. The highest BCUT2D eigenvalue weighted by Gasteiger charge is 2.12. The topological polar surface area (TPSA) is 29.1 Å². The van der Waals surface area contributed by atoms with E-state index in [4.69, 9.17) is 11.6 Å². The van der Waals surface area contributed by atoms with Crippen LogP contribution in [0.5, 0.6) is 0 Å². The predicted molar refractivity (Wildman–Crippen MR) is 87.4 cm³/mol. The third kappa shape index (κ3) is 4.91. The summed E-state index contributed by atoms with van der Waals surface area (Å²) in [5.74, 6) is 0.0839. The number of nitrogens with one attached hydrogen (secondary N) is 1. The summed E-state index contributed by atoms with van der Waals surface area (Å²) in [4.78, 5) is 12.1. The van der Waals surface area contributed by atoms with E-state index in [1.807, 2.05) is 54.6 Å². The molecule has 2 aromatic rings. The first kappa shape index (κ1) is 15.6. The smallest absolute Gasteiger partial charge is 0.220 e. The van der Waals surface area contributed by atoms with Crippen LogP contribution in [0.1, 0.15) is 36.9 Å². The number of carbonyl (C=O) groups is 1. The lowest BCUT2D eigenvalue weighted by molar-refractivity contribution is -0.121. The van der Waals surface area contributed by atoms with Gasteiger partial charge in [0.15, 0.2) is 0 Å². The highest BCUT2D eigenvalue weighted by molar-refractivity contribution is 6.30. The molecule has 110 valence electrons. The fraction of sp³-hybridized carbons (Fsp3) is 0.278. The molecule has 1 amide bonds. The van der Waals surface area contributed by atoms with Gasteiger partial charge in [0, 0.05) is 11.4 Å². The Morgan fingerprint density at radius 2 is 1.76 bits per heavy atom. The summed E-state index contributed by atoms with van der Waals surface area (Å²) in [6.45, 7) is 2.08. The largest absolute Gasteiger partial charge is 0.349 e. The number of hydrogen-bond donors (Lipinski definition) is 1. The van der Waals surface area contributed by atoms with Gasteiger partial charge in [-0.3, -0.25) is 4.79 Å². The van der Waals surface area contributed by atoms with Crippen molar-refractivity contribution >= 4 is 17.5 Å². The Morgan fingerprint density at radius 3 is 2.38 bits per heavy atom. The normalized spacial score (nSPS) is 11.9. The van der Waals surface area contributed by atoms with Crippen LogP contribution in [0.15, 0.2) is 54.6 Å². The Morgan fingerprint density at radius 1 is 1.10 bits per heavy atom. The zero-order valence-corrected chi connectivity index (χ0v) is 12.9. The molecule has 0 saturated heterocycles. The van der Waals surface area contributed by atoms with Crippen LogP contribution in [0, 0.1) is 0 Å². The highest BCUT2D eigenvalue weighted by atomic mass is 35.5. The van der Waals surface area contributed by atoms with E-state index in [9.17, 15) is 4.79 Å². The molecule has 2 aromatic carbocycles. The standard InChI is InChI=1S/C18H20ClNO/c1-2-17(15-6-4-3-5-7-15)20-18(21)13-10-14-8-11-16(19)12-9-14/h3-9,11-12,17H,2,10,13H2,1H3,(H,20,21)/t17-/m0/s1. The van der Waals surface area contributed by atoms with Gasteiger partial charge in [0.05, 0.1) is 6.04 Å². The molecule has 0 aliphatic heterocycles. The molecule has 0 unspecified atom stereocenters. The van der Waals surface area contributed by atoms with E-state index in [0.29, 0.717) is 6.42 Å². The molecule has 2 rings (SSSR count). The summed E-state index contributed by atoms with van der Waals surface area (Å²) in [5.41, 5.74) is 2.28. The van der Waals surface area contributed by atoms with Gasteiger partial charge >= 0.3 is 0 Å². The van der Waals surface area contributed by atoms with Gasteiger partial charge < -0.3 is 5.32 Å². The number of amides is 1. The lowest BCUT2D eigenvalue weighted by Crippen LogP contribution is -2.28. The second-order valence-corrected chi connectivity index (χ2v) is 5.50. The molecule has 3 heteroatoms. The molecular weight excluding hydrogens is 282 g/mol. The van der Waals surface area contributed by atoms with Crippen molar-refractivity contribution in [2.45, 2.75) is 32.2 Å². The number of hydrogen-bond acceptors (Lipinski definition) is 1. The molecule has 0 radical (unpaired) electrons. The minimum atomic E-state index is 0.0839. The Hall–Kier alpha value is -1.80. The number of carbonyl (C=O) groups excluding carboxylic acids is 1. The van der Waals surface area contributed by atoms with Crippen LogP contribution in [0.3, 0.4) is 0 Å². The molecule has 1 atom stereocenters. The number of aryl methyl sites for hydroxylation is 1. The molecule has 1 N–H and O–H groups in total. The Bertz CT molecular complexity index is 566. The quantitative estimate of drug-likeness (QED) is 0.834. The van der Waals surface area contributed by atoms with Crippen LogP contribution >= 0.6 is 11.6 Å². The van der Waals surface area contributed by atoms with Gasteiger partial charge in [-0.15, -0.1) is 0 Å². The molecule has 0 saturated carbocycles. The SMILES string of the molecule is CC[C@H](NC(=O)CCc1ccc(Cl)cc1)c1ccccc1. The monoisotopic (exact) mass is 301 g/mol. The molecule has 0 fully saturated rings. The Kier molecular flexibility index (Phi) is 5.82. The van der Waals surface area contributed by atoms with Crippen molar-refractivity contribution in [2.24, 2.45) is 0 Å². The Labute approximate surface area is 131 Å². The van der Waals surface area contributed by atoms with E-state index in [1.54, 1.807) is 0 Å². The van der Waals surface area contributed by atoms with Gasteiger partial charge in [-0.25, -0.2) is 0 Å². The fourth-order valence-corrected chi connectivity index (χ4v) is 2.41. The van der Waals surface area contributed by atoms with Crippen molar-refractivity contribution < 1.29 is 4.79 Å². The second-order valence-electron chi connectivity index (χ2n) is 5.07.